The Balaban J connectivity index is 1.72. The number of fused-ring (bicyclic) bond motifs is 3. The average molecular weight is 408 g/mol. The summed E-state index contributed by atoms with van der Waals surface area (Å²) in [6.45, 7) is 1.97. The second-order valence-corrected chi connectivity index (χ2v) is 8.42. The molecule has 1 unspecified atom stereocenters. The van der Waals surface area contributed by atoms with Crippen molar-refractivity contribution in [2.24, 2.45) is 5.92 Å². The molecule has 0 radical (unpaired) electrons. The van der Waals surface area contributed by atoms with Crippen LogP contribution in [0.15, 0.2) is 35.1 Å². The van der Waals surface area contributed by atoms with Gasteiger partial charge in [-0.05, 0) is 66.0 Å². The lowest BCUT2D eigenvalue weighted by Crippen LogP contribution is -2.13. The number of hydrogen-bond donors (Lipinski definition) is 1. The van der Waals surface area contributed by atoms with Crippen LogP contribution in [0.5, 0.6) is 0 Å². The van der Waals surface area contributed by atoms with Gasteiger partial charge in [0, 0.05) is 12.0 Å². The van der Waals surface area contributed by atoms with E-state index < -0.39 is 17.3 Å². The lowest BCUT2D eigenvalue weighted by molar-refractivity contribution is 0.0972. The van der Waals surface area contributed by atoms with Crippen molar-refractivity contribution in [3.05, 3.63) is 59.1 Å². The molecule has 1 fully saturated rings. The largest absolute Gasteiger partial charge is 0.443 e. The molecule has 2 aromatic carbocycles. The number of carbonyl (C=O) groups excluding carboxylic acids is 1. The van der Waals surface area contributed by atoms with Gasteiger partial charge >= 0.3 is 0 Å². The smallest absolute Gasteiger partial charge is 0.185 e. The Morgan fingerprint density at radius 2 is 1.83 bits per heavy atom. The summed E-state index contributed by atoms with van der Waals surface area (Å²) >= 11 is 0. The highest BCUT2D eigenvalue weighted by Gasteiger charge is 2.33. The Bertz CT molecular complexity index is 1140. The molecule has 1 aromatic heterocycles. The molecule has 5 rings (SSSR count). The highest BCUT2D eigenvalue weighted by Crippen LogP contribution is 2.47. The Morgan fingerprint density at radius 1 is 1.13 bits per heavy atom. The maximum Gasteiger partial charge on any atom is 0.185 e. The standard InChI is InChI=1S/C24H22F2N2O2/c1-12-16(15-9-18(25)22(27)19(26)10-15)5-6-17-21(12)14(8-13-2-3-13)4-7-20(29)23-24(17)30-11-28-23/h5-6,9-11,13-14H,2-4,7-8,27H2,1H3. The molecule has 4 nitrogen and oxygen atoms in total. The van der Waals surface area contributed by atoms with Gasteiger partial charge in [-0.3, -0.25) is 4.79 Å². The fourth-order valence-corrected chi connectivity index (χ4v) is 4.70. The minimum atomic E-state index is -0.770. The summed E-state index contributed by atoms with van der Waals surface area (Å²) in [6, 6.07) is 6.25. The number of aromatic nitrogens is 1. The van der Waals surface area contributed by atoms with E-state index in [-0.39, 0.29) is 11.7 Å². The number of halogens is 2. The number of carbonyl (C=O) groups is 1. The molecule has 154 valence electrons. The van der Waals surface area contributed by atoms with Gasteiger partial charge in [0.05, 0.1) is 0 Å². The maximum absolute atomic E-state index is 14.1. The predicted molar refractivity (Wildman–Crippen MR) is 110 cm³/mol. The van der Waals surface area contributed by atoms with Crippen LogP contribution in [0, 0.1) is 24.5 Å². The zero-order chi connectivity index (χ0) is 21.0. The third-order valence-corrected chi connectivity index (χ3v) is 6.42. The van der Waals surface area contributed by atoms with Crippen molar-refractivity contribution in [2.75, 3.05) is 5.73 Å². The molecule has 1 atom stereocenters. The molecule has 6 heteroatoms. The second kappa shape index (κ2) is 7.04. The van der Waals surface area contributed by atoms with Crippen LogP contribution < -0.4 is 5.73 Å². The summed E-state index contributed by atoms with van der Waals surface area (Å²) in [5.41, 5.74) is 9.41. The van der Waals surface area contributed by atoms with Crippen LogP contribution >= 0.6 is 0 Å². The van der Waals surface area contributed by atoms with Crippen molar-refractivity contribution in [3.63, 3.8) is 0 Å². The predicted octanol–water partition coefficient (Wildman–Crippen LogP) is 6.04. The van der Waals surface area contributed by atoms with E-state index in [0.29, 0.717) is 29.4 Å². The second-order valence-electron chi connectivity index (χ2n) is 8.42. The van der Waals surface area contributed by atoms with Gasteiger partial charge in [0.15, 0.2) is 23.6 Å². The van der Waals surface area contributed by atoms with Crippen LogP contribution in [0.4, 0.5) is 14.5 Å². The molecule has 0 saturated heterocycles. The number of nitrogens with zero attached hydrogens (tertiary/aromatic N) is 1. The fraction of sp³-hybridized carbons (Fsp3) is 0.333. The minimum Gasteiger partial charge on any atom is -0.443 e. The van der Waals surface area contributed by atoms with E-state index in [1.54, 1.807) is 0 Å². The number of Topliss-reactive ketones (excluding diaryl/α,β-unsaturated/α-hetero) is 1. The summed E-state index contributed by atoms with van der Waals surface area (Å²) in [6.07, 6.45) is 5.86. The Hall–Kier alpha value is -3.02. The molecule has 3 aromatic rings. The summed E-state index contributed by atoms with van der Waals surface area (Å²) in [5.74, 6) is -0.212. The maximum atomic E-state index is 14.1. The van der Waals surface area contributed by atoms with Gasteiger partial charge in [0.25, 0.3) is 0 Å². The third kappa shape index (κ3) is 3.11. The third-order valence-electron chi connectivity index (χ3n) is 6.42. The molecule has 0 aliphatic heterocycles. The Labute approximate surface area is 173 Å². The SMILES string of the molecule is Cc1c(-c2cc(F)c(N)c(F)c2)ccc2c1C(CC1CC1)CCC(=O)c1ncoc1-2. The molecule has 0 spiro atoms. The number of nitrogen functional groups attached to an aromatic ring is 1. The molecule has 1 saturated carbocycles. The number of rotatable bonds is 3. The van der Waals surface area contributed by atoms with Crippen molar-refractivity contribution in [1.82, 2.24) is 4.98 Å². The topological polar surface area (TPSA) is 69.1 Å². The van der Waals surface area contributed by atoms with Gasteiger partial charge in [-0.25, -0.2) is 13.8 Å². The van der Waals surface area contributed by atoms with Crippen molar-refractivity contribution >= 4 is 11.5 Å². The van der Waals surface area contributed by atoms with E-state index in [9.17, 15) is 13.6 Å². The molecular formula is C24H22F2N2O2. The average Bonchev–Trinajstić information content (AvgIpc) is 3.40. The van der Waals surface area contributed by atoms with E-state index in [1.807, 2.05) is 19.1 Å². The van der Waals surface area contributed by atoms with Crippen molar-refractivity contribution < 1.29 is 18.0 Å². The number of nitrogens with two attached hydrogens (primary N) is 1. The molecule has 2 aliphatic rings. The summed E-state index contributed by atoms with van der Waals surface area (Å²) in [5, 5.41) is 0. The van der Waals surface area contributed by atoms with Gasteiger partial charge in [0.2, 0.25) is 0 Å². The highest BCUT2D eigenvalue weighted by molar-refractivity contribution is 6.00. The van der Waals surface area contributed by atoms with Gasteiger partial charge in [-0.2, -0.15) is 0 Å². The van der Waals surface area contributed by atoms with Crippen LogP contribution in [0.2, 0.25) is 0 Å². The molecular weight excluding hydrogens is 386 g/mol. The monoisotopic (exact) mass is 408 g/mol. The van der Waals surface area contributed by atoms with Gasteiger partial charge in [0.1, 0.15) is 17.3 Å². The number of ketones is 1. The lowest BCUT2D eigenvalue weighted by Gasteiger charge is -2.26. The van der Waals surface area contributed by atoms with Crippen molar-refractivity contribution in [3.8, 4) is 22.5 Å². The van der Waals surface area contributed by atoms with Crippen molar-refractivity contribution in [1.29, 1.82) is 0 Å². The molecule has 2 N–H and O–H groups in total. The molecule has 0 bridgehead atoms. The number of anilines is 1. The zero-order valence-corrected chi connectivity index (χ0v) is 16.7. The lowest BCUT2D eigenvalue weighted by atomic mass is 9.78. The number of oxazole rings is 1. The van der Waals surface area contributed by atoms with E-state index in [0.717, 1.165) is 35.1 Å². The first-order valence-electron chi connectivity index (χ1n) is 10.3. The number of benzene rings is 2. The normalized spacial score (nSPS) is 18.5. The minimum absolute atomic E-state index is 0.00500. The van der Waals surface area contributed by atoms with E-state index in [2.05, 4.69) is 4.98 Å². The summed E-state index contributed by atoms with van der Waals surface area (Å²) < 4.78 is 33.9. The number of hydrogen-bond acceptors (Lipinski definition) is 4. The first kappa shape index (κ1) is 19.0. The quantitative estimate of drug-likeness (QED) is 0.537. The van der Waals surface area contributed by atoms with Gasteiger partial charge in [-0.15, -0.1) is 0 Å². The molecule has 1 heterocycles. The van der Waals surface area contributed by atoms with Crippen LogP contribution in [0.25, 0.3) is 22.5 Å². The van der Waals surface area contributed by atoms with Gasteiger partial charge < -0.3 is 10.2 Å². The highest BCUT2D eigenvalue weighted by atomic mass is 19.1. The van der Waals surface area contributed by atoms with Gasteiger partial charge in [-0.1, -0.05) is 25.0 Å². The fourth-order valence-electron chi connectivity index (χ4n) is 4.70. The first-order valence-corrected chi connectivity index (χ1v) is 10.3. The summed E-state index contributed by atoms with van der Waals surface area (Å²) in [7, 11) is 0. The zero-order valence-electron chi connectivity index (χ0n) is 16.7. The van der Waals surface area contributed by atoms with E-state index >= 15 is 0 Å². The van der Waals surface area contributed by atoms with Crippen LogP contribution in [0.3, 0.4) is 0 Å². The first-order chi connectivity index (χ1) is 14.4. The van der Waals surface area contributed by atoms with Crippen LogP contribution in [0.1, 0.15) is 59.6 Å². The molecule has 0 amide bonds. The van der Waals surface area contributed by atoms with E-state index in [4.69, 9.17) is 10.2 Å². The molecule has 30 heavy (non-hydrogen) atoms. The molecule has 2 aliphatic carbocycles. The Kier molecular flexibility index (Phi) is 4.45. The van der Waals surface area contributed by atoms with Crippen LogP contribution in [-0.2, 0) is 0 Å². The summed E-state index contributed by atoms with van der Waals surface area (Å²) in [4.78, 5) is 16.8. The van der Waals surface area contributed by atoms with E-state index in [1.165, 1.54) is 31.4 Å². The Morgan fingerprint density at radius 3 is 2.53 bits per heavy atom. The van der Waals surface area contributed by atoms with Crippen LogP contribution in [-0.4, -0.2) is 10.8 Å². The van der Waals surface area contributed by atoms with Crippen molar-refractivity contribution in [2.45, 2.75) is 44.9 Å².